The fourth-order valence-electron chi connectivity index (χ4n) is 8.20. The molecule has 4 aromatic heterocycles. The number of nitrogens with zero attached hydrogens (tertiary/aromatic N) is 6. The van der Waals surface area contributed by atoms with Gasteiger partial charge in [0.25, 0.3) is 11.8 Å². The number of fused-ring (bicyclic) bond motifs is 4. The first-order valence-corrected chi connectivity index (χ1v) is 19.5. The van der Waals surface area contributed by atoms with Crippen LogP contribution in [0.2, 0.25) is 0 Å². The molecule has 2 aliphatic rings. The Bertz CT molecular complexity index is 2590. The Morgan fingerprint density at radius 2 is 0.931 bits per heavy atom. The third-order valence-corrected chi connectivity index (χ3v) is 11.1. The summed E-state index contributed by atoms with van der Waals surface area (Å²) in [6.45, 7) is 0. The Hall–Kier alpha value is -7.34. The largest absolute Gasteiger partial charge is 0.372 e. The van der Waals surface area contributed by atoms with Crippen LogP contribution in [0.1, 0.15) is 67.9 Å². The Morgan fingerprint density at radius 3 is 1.34 bits per heavy atom. The molecule has 0 saturated heterocycles. The molecule has 0 spiro atoms. The van der Waals surface area contributed by atoms with E-state index < -0.39 is 0 Å². The van der Waals surface area contributed by atoms with Crippen LogP contribution < -0.4 is 21.3 Å². The van der Waals surface area contributed by atoms with Gasteiger partial charge in [0.05, 0.1) is 24.5 Å². The summed E-state index contributed by atoms with van der Waals surface area (Å²) in [4.78, 5) is 35.3. The molecule has 10 rings (SSSR count). The normalized spacial score (nSPS) is 15.3. The highest BCUT2D eigenvalue weighted by Gasteiger charge is 2.28. The number of carbonyl (C=O) groups is 2. The first-order valence-electron chi connectivity index (χ1n) is 19.5. The van der Waals surface area contributed by atoms with E-state index in [2.05, 4.69) is 65.7 Å². The maximum Gasteiger partial charge on any atom is 0.257 e. The van der Waals surface area contributed by atoms with Gasteiger partial charge in [0.2, 0.25) is 0 Å². The second kappa shape index (κ2) is 15.7. The first kappa shape index (κ1) is 36.3. The van der Waals surface area contributed by atoms with Crippen molar-refractivity contribution in [3.8, 4) is 22.3 Å². The first-order chi connectivity index (χ1) is 28.5. The number of hydrogen-bond donors (Lipinski definition) is 4. The molecule has 2 amide bonds. The summed E-state index contributed by atoms with van der Waals surface area (Å²) in [5.41, 5.74) is 11.3. The molecule has 0 unspecified atom stereocenters. The zero-order valence-electron chi connectivity index (χ0n) is 32.2. The minimum absolute atomic E-state index is 0.0246. The number of benzene rings is 4. The molecule has 2 aliphatic carbocycles. The van der Waals surface area contributed by atoms with Gasteiger partial charge in [-0.05, 0) is 59.1 Å². The van der Waals surface area contributed by atoms with Crippen LogP contribution in [0, 0.1) is 0 Å². The van der Waals surface area contributed by atoms with Crippen molar-refractivity contribution in [2.75, 3.05) is 24.7 Å². The van der Waals surface area contributed by atoms with Gasteiger partial charge >= 0.3 is 0 Å². The van der Waals surface area contributed by atoms with Crippen LogP contribution >= 0.6 is 0 Å². The van der Waals surface area contributed by atoms with Crippen LogP contribution in [-0.4, -0.2) is 55.1 Å². The molecule has 0 radical (unpaired) electrons. The van der Waals surface area contributed by atoms with Crippen molar-refractivity contribution < 1.29 is 9.59 Å². The van der Waals surface area contributed by atoms with Crippen LogP contribution in [0.3, 0.4) is 0 Å². The minimum atomic E-state index is -0.151. The number of aromatic nitrogens is 6. The zero-order valence-corrected chi connectivity index (χ0v) is 32.2. The lowest BCUT2D eigenvalue weighted by Crippen LogP contribution is -2.28. The Labute approximate surface area is 335 Å². The van der Waals surface area contributed by atoms with Crippen LogP contribution in [0.15, 0.2) is 134 Å². The van der Waals surface area contributed by atoms with Gasteiger partial charge in [-0.15, -0.1) is 0 Å². The van der Waals surface area contributed by atoms with Crippen LogP contribution in [0.25, 0.3) is 33.5 Å². The second-order valence-electron chi connectivity index (χ2n) is 14.4. The molecule has 12 nitrogen and oxygen atoms in total. The fourth-order valence-corrected chi connectivity index (χ4v) is 8.20. The topological polar surface area (TPSA) is 143 Å². The molecule has 8 aromatic rings. The molecule has 4 N–H and O–H groups in total. The molecule has 4 heterocycles. The Kier molecular flexibility index (Phi) is 9.80. The maximum atomic E-state index is 13.1. The van der Waals surface area contributed by atoms with Gasteiger partial charge in [0, 0.05) is 37.6 Å². The van der Waals surface area contributed by atoms with Gasteiger partial charge in [-0.3, -0.25) is 9.59 Å². The molecule has 12 heteroatoms. The average molecular weight is 767 g/mol. The molecule has 0 aliphatic heterocycles. The van der Waals surface area contributed by atoms with Crippen LogP contribution in [-0.2, 0) is 12.8 Å². The van der Waals surface area contributed by atoms with Gasteiger partial charge < -0.3 is 21.3 Å². The molecule has 0 fully saturated rings. The number of aryl methyl sites for hydroxylation is 2. The summed E-state index contributed by atoms with van der Waals surface area (Å²) in [7, 11) is 3.58. The maximum absolute atomic E-state index is 13.1. The highest BCUT2D eigenvalue weighted by molar-refractivity contribution is 6.00. The molecule has 58 heavy (non-hydrogen) atoms. The van der Waals surface area contributed by atoms with Gasteiger partial charge in [-0.25, -0.2) is 9.97 Å². The second-order valence-corrected chi connectivity index (χ2v) is 14.4. The number of nitrogens with one attached hydrogen (secondary N) is 4. The fraction of sp³-hybridized carbons (Fsp3) is 0.174. The van der Waals surface area contributed by atoms with Gasteiger partial charge in [-0.1, -0.05) is 109 Å². The predicted molar refractivity (Wildman–Crippen MR) is 226 cm³/mol. The Morgan fingerprint density at radius 1 is 0.534 bits per heavy atom. The molecule has 0 saturated carbocycles. The van der Waals surface area contributed by atoms with Crippen LogP contribution in [0.5, 0.6) is 0 Å². The van der Waals surface area contributed by atoms with E-state index in [1.165, 1.54) is 22.3 Å². The number of anilines is 2. The predicted octanol–water partition coefficient (Wildman–Crippen LogP) is 7.71. The van der Waals surface area contributed by atoms with Gasteiger partial charge in [-0.2, -0.15) is 19.2 Å². The van der Waals surface area contributed by atoms with Crippen molar-refractivity contribution in [3.63, 3.8) is 0 Å². The van der Waals surface area contributed by atoms with E-state index in [0.717, 1.165) is 47.9 Å². The number of amides is 2. The highest BCUT2D eigenvalue weighted by Crippen LogP contribution is 2.34. The van der Waals surface area contributed by atoms with Crippen LogP contribution in [0.4, 0.5) is 11.6 Å². The van der Waals surface area contributed by atoms with Crippen molar-refractivity contribution in [1.29, 1.82) is 0 Å². The van der Waals surface area contributed by atoms with Crippen molar-refractivity contribution in [1.82, 2.24) is 39.8 Å². The van der Waals surface area contributed by atoms with Gasteiger partial charge in [0.1, 0.15) is 22.8 Å². The lowest BCUT2D eigenvalue weighted by atomic mass is 10.1. The summed E-state index contributed by atoms with van der Waals surface area (Å²) >= 11 is 0. The van der Waals surface area contributed by atoms with E-state index >= 15 is 0 Å². The molecular weight excluding hydrogens is 725 g/mol. The van der Waals surface area contributed by atoms with E-state index in [-0.39, 0.29) is 23.9 Å². The van der Waals surface area contributed by atoms with E-state index in [0.29, 0.717) is 34.1 Å². The van der Waals surface area contributed by atoms with E-state index in [1.807, 2.05) is 84.9 Å². The monoisotopic (exact) mass is 766 g/mol. The van der Waals surface area contributed by atoms with Crippen molar-refractivity contribution >= 4 is 34.7 Å². The quantitative estimate of drug-likeness (QED) is 0.123. The number of carbonyl (C=O) groups excluding carboxylic acids is 2. The smallest absolute Gasteiger partial charge is 0.257 e. The van der Waals surface area contributed by atoms with Crippen molar-refractivity contribution in [2.24, 2.45) is 0 Å². The standard InChI is InChI=1S/2C23H21N5O/c2*1-24-21-19(23(29)27-20-12-11-16-9-5-6-10-17(16)20)13-25-22-18(14-26-28(21)22)15-7-3-2-4-8-15/h2*2-10,13-14,20,24H,11-12H2,1H3,(H,27,29)/t2*20-/m00/s1. The molecule has 0 bridgehead atoms. The SMILES string of the molecule is CNc1c(C(=O)N[C@H]2CCc3ccccc32)cnc2c(-c3ccccc3)cnn12.CNc1c(C(=O)N[C@H]2CCc3ccccc32)cnc2c(-c3ccccc3)cnn12. The molecular formula is C46H42N10O2. The third kappa shape index (κ3) is 6.68. The molecule has 4 aromatic carbocycles. The lowest BCUT2D eigenvalue weighted by molar-refractivity contribution is 0.0928. The Balaban J connectivity index is 0.000000150. The lowest BCUT2D eigenvalue weighted by Gasteiger charge is -2.16. The summed E-state index contributed by atoms with van der Waals surface area (Å²) in [6.07, 6.45) is 10.6. The van der Waals surface area contributed by atoms with Crippen molar-refractivity contribution in [3.05, 3.63) is 167 Å². The summed E-state index contributed by atoms with van der Waals surface area (Å²) in [6, 6.07) is 36.6. The van der Waals surface area contributed by atoms with E-state index in [1.54, 1.807) is 47.9 Å². The van der Waals surface area contributed by atoms with E-state index in [9.17, 15) is 9.59 Å². The summed E-state index contributed by atoms with van der Waals surface area (Å²) < 4.78 is 3.39. The number of rotatable bonds is 8. The number of hydrogen-bond acceptors (Lipinski definition) is 8. The highest BCUT2D eigenvalue weighted by atomic mass is 16.2. The summed E-state index contributed by atoms with van der Waals surface area (Å²) in [5, 5.41) is 21.6. The van der Waals surface area contributed by atoms with Gasteiger partial charge in [0.15, 0.2) is 11.3 Å². The zero-order chi connectivity index (χ0) is 39.6. The van der Waals surface area contributed by atoms with E-state index in [4.69, 9.17) is 0 Å². The molecule has 288 valence electrons. The third-order valence-electron chi connectivity index (χ3n) is 11.1. The average Bonchev–Trinajstić information content (AvgIpc) is 4.09. The molecule has 2 atom stereocenters. The minimum Gasteiger partial charge on any atom is -0.372 e. The van der Waals surface area contributed by atoms with Crippen molar-refractivity contribution in [2.45, 2.75) is 37.8 Å². The summed E-state index contributed by atoms with van der Waals surface area (Å²) in [5.74, 6) is 0.950.